The highest BCUT2D eigenvalue weighted by Crippen LogP contribution is 2.26. The molecule has 1 amide bonds. The van der Waals surface area contributed by atoms with E-state index in [1.165, 1.54) is 5.57 Å². The van der Waals surface area contributed by atoms with Crippen LogP contribution in [0.1, 0.15) is 27.2 Å². The molecule has 0 atom stereocenters. The van der Waals surface area contributed by atoms with E-state index in [1.807, 2.05) is 13.0 Å². The maximum absolute atomic E-state index is 11.0. The molecule has 1 heterocycles. The summed E-state index contributed by atoms with van der Waals surface area (Å²) in [6, 6.07) is 0. The molecule has 0 saturated carbocycles. The molecule has 66 valence electrons. The van der Waals surface area contributed by atoms with Crippen LogP contribution in [0.15, 0.2) is 23.9 Å². The van der Waals surface area contributed by atoms with Crippen LogP contribution in [0.3, 0.4) is 0 Å². The van der Waals surface area contributed by atoms with Gasteiger partial charge >= 0.3 is 0 Å². The lowest BCUT2D eigenvalue weighted by molar-refractivity contribution is -0.115. The molecule has 0 bridgehead atoms. The standard InChI is InChI=1S/C10H15NO/c1-8-6-10(2,3)5-4-9(12)11-7-8/h4-5,7H,6H2,1-3H3,(H,11,12)/b5-4-,8-7?. The van der Waals surface area contributed by atoms with E-state index < -0.39 is 0 Å². The third-order valence-corrected chi connectivity index (χ3v) is 1.88. The van der Waals surface area contributed by atoms with Crippen molar-refractivity contribution in [2.75, 3.05) is 0 Å². The zero-order valence-corrected chi connectivity index (χ0v) is 7.85. The maximum Gasteiger partial charge on any atom is 0.247 e. The minimum Gasteiger partial charge on any atom is -0.329 e. The number of hydrogen-bond donors (Lipinski definition) is 1. The first-order valence-corrected chi connectivity index (χ1v) is 4.15. The topological polar surface area (TPSA) is 29.1 Å². The Kier molecular flexibility index (Phi) is 2.36. The van der Waals surface area contributed by atoms with Gasteiger partial charge in [0.2, 0.25) is 5.91 Å². The van der Waals surface area contributed by atoms with Crippen LogP contribution in [0.2, 0.25) is 0 Å². The third kappa shape index (κ3) is 2.53. The fourth-order valence-corrected chi connectivity index (χ4v) is 1.37. The van der Waals surface area contributed by atoms with E-state index in [-0.39, 0.29) is 11.3 Å². The molecule has 1 aliphatic rings. The third-order valence-electron chi connectivity index (χ3n) is 1.88. The summed E-state index contributed by atoms with van der Waals surface area (Å²) in [6.07, 6.45) is 6.33. The number of allylic oxidation sites excluding steroid dienone is 2. The van der Waals surface area contributed by atoms with Gasteiger partial charge in [-0.3, -0.25) is 4.79 Å². The van der Waals surface area contributed by atoms with Gasteiger partial charge in [-0.15, -0.1) is 0 Å². The summed E-state index contributed by atoms with van der Waals surface area (Å²) < 4.78 is 0. The molecule has 0 aliphatic carbocycles. The lowest BCUT2D eigenvalue weighted by Gasteiger charge is -2.21. The molecular weight excluding hydrogens is 150 g/mol. The highest BCUT2D eigenvalue weighted by Gasteiger charge is 2.16. The van der Waals surface area contributed by atoms with Crippen molar-refractivity contribution < 1.29 is 4.79 Å². The van der Waals surface area contributed by atoms with E-state index in [1.54, 1.807) is 12.3 Å². The van der Waals surface area contributed by atoms with Crippen molar-refractivity contribution in [3.63, 3.8) is 0 Å². The summed E-state index contributed by atoms with van der Waals surface area (Å²) in [4.78, 5) is 11.0. The molecule has 2 heteroatoms. The van der Waals surface area contributed by atoms with E-state index >= 15 is 0 Å². The Morgan fingerprint density at radius 1 is 1.50 bits per heavy atom. The Morgan fingerprint density at radius 2 is 2.17 bits per heavy atom. The quantitative estimate of drug-likeness (QED) is 0.584. The van der Waals surface area contributed by atoms with Gasteiger partial charge in [0.05, 0.1) is 0 Å². The van der Waals surface area contributed by atoms with Crippen molar-refractivity contribution in [3.05, 3.63) is 23.9 Å². The van der Waals surface area contributed by atoms with Crippen LogP contribution in [0.25, 0.3) is 0 Å². The summed E-state index contributed by atoms with van der Waals surface area (Å²) in [5.74, 6) is -0.0397. The van der Waals surface area contributed by atoms with Crippen LogP contribution in [-0.2, 0) is 4.79 Å². The number of amides is 1. The molecule has 0 aromatic rings. The van der Waals surface area contributed by atoms with Crippen LogP contribution in [-0.4, -0.2) is 5.91 Å². The predicted molar refractivity (Wildman–Crippen MR) is 49.4 cm³/mol. The molecule has 12 heavy (non-hydrogen) atoms. The van der Waals surface area contributed by atoms with Gasteiger partial charge in [-0.1, -0.05) is 25.5 Å². The fourth-order valence-electron chi connectivity index (χ4n) is 1.37. The zero-order chi connectivity index (χ0) is 9.19. The summed E-state index contributed by atoms with van der Waals surface area (Å²) in [5.41, 5.74) is 1.30. The molecular formula is C10H15NO. The summed E-state index contributed by atoms with van der Waals surface area (Å²) >= 11 is 0. The molecule has 0 fully saturated rings. The number of carbonyl (C=O) groups excluding carboxylic acids is 1. The second kappa shape index (κ2) is 3.13. The molecule has 2 nitrogen and oxygen atoms in total. The van der Waals surface area contributed by atoms with Crippen LogP contribution < -0.4 is 5.32 Å². The number of hydrogen-bond acceptors (Lipinski definition) is 1. The van der Waals surface area contributed by atoms with Crippen molar-refractivity contribution in [2.45, 2.75) is 27.2 Å². The number of nitrogens with one attached hydrogen (secondary N) is 1. The first kappa shape index (κ1) is 9.04. The lowest BCUT2D eigenvalue weighted by atomic mass is 9.85. The van der Waals surface area contributed by atoms with Gasteiger partial charge in [0.25, 0.3) is 0 Å². The first-order valence-electron chi connectivity index (χ1n) is 4.15. The van der Waals surface area contributed by atoms with E-state index in [4.69, 9.17) is 0 Å². The van der Waals surface area contributed by atoms with Gasteiger partial charge in [0.15, 0.2) is 0 Å². The predicted octanol–water partition coefficient (Wildman–Crippen LogP) is 1.99. The highest BCUT2D eigenvalue weighted by molar-refractivity contribution is 5.88. The Labute approximate surface area is 73.4 Å². The smallest absolute Gasteiger partial charge is 0.247 e. The summed E-state index contributed by atoms with van der Waals surface area (Å²) in [5, 5.41) is 2.68. The van der Waals surface area contributed by atoms with Gasteiger partial charge < -0.3 is 5.32 Å². The second-order valence-electron chi connectivity index (χ2n) is 4.00. The molecule has 0 aromatic carbocycles. The van der Waals surface area contributed by atoms with Crippen LogP contribution in [0, 0.1) is 5.41 Å². The molecule has 1 N–H and O–H groups in total. The Hall–Kier alpha value is -1.05. The Bertz CT molecular complexity index is 249. The minimum atomic E-state index is -0.0397. The second-order valence-corrected chi connectivity index (χ2v) is 4.00. The zero-order valence-electron chi connectivity index (χ0n) is 7.85. The summed E-state index contributed by atoms with van der Waals surface area (Å²) in [6.45, 7) is 6.28. The molecule has 0 aromatic heterocycles. The highest BCUT2D eigenvalue weighted by atomic mass is 16.1. The van der Waals surface area contributed by atoms with E-state index in [9.17, 15) is 4.79 Å². The van der Waals surface area contributed by atoms with Crippen molar-refractivity contribution >= 4 is 5.91 Å². The Morgan fingerprint density at radius 3 is 2.83 bits per heavy atom. The monoisotopic (exact) mass is 165 g/mol. The van der Waals surface area contributed by atoms with Crippen molar-refractivity contribution in [1.82, 2.24) is 5.32 Å². The molecule has 0 saturated heterocycles. The molecule has 0 spiro atoms. The number of rotatable bonds is 0. The van der Waals surface area contributed by atoms with E-state index in [2.05, 4.69) is 19.2 Å². The SMILES string of the molecule is CC1=CNC(=O)/C=C\C(C)(C)C1. The number of carbonyl (C=O) groups is 1. The minimum absolute atomic E-state index is 0.0397. The van der Waals surface area contributed by atoms with Crippen molar-refractivity contribution in [3.8, 4) is 0 Å². The molecule has 0 unspecified atom stereocenters. The van der Waals surface area contributed by atoms with Gasteiger partial charge in [0, 0.05) is 6.20 Å². The molecule has 1 aliphatic heterocycles. The molecule has 1 rings (SSSR count). The first-order chi connectivity index (χ1) is 5.49. The van der Waals surface area contributed by atoms with E-state index in [0.717, 1.165) is 6.42 Å². The average molecular weight is 165 g/mol. The van der Waals surface area contributed by atoms with Gasteiger partial charge in [-0.25, -0.2) is 0 Å². The average Bonchev–Trinajstić information content (AvgIpc) is 1.95. The normalized spacial score (nSPS) is 24.9. The van der Waals surface area contributed by atoms with Gasteiger partial charge in [-0.2, -0.15) is 0 Å². The Balaban J connectivity index is 2.85. The van der Waals surface area contributed by atoms with Crippen LogP contribution >= 0.6 is 0 Å². The van der Waals surface area contributed by atoms with Crippen molar-refractivity contribution in [2.24, 2.45) is 5.41 Å². The van der Waals surface area contributed by atoms with Crippen LogP contribution in [0.4, 0.5) is 0 Å². The van der Waals surface area contributed by atoms with Gasteiger partial charge in [-0.05, 0) is 24.8 Å². The summed E-state index contributed by atoms with van der Waals surface area (Å²) in [7, 11) is 0. The maximum atomic E-state index is 11.0. The fraction of sp³-hybridized carbons (Fsp3) is 0.500. The largest absolute Gasteiger partial charge is 0.329 e. The van der Waals surface area contributed by atoms with Crippen LogP contribution in [0.5, 0.6) is 0 Å². The molecule has 0 radical (unpaired) electrons. The van der Waals surface area contributed by atoms with Gasteiger partial charge in [0.1, 0.15) is 0 Å². The van der Waals surface area contributed by atoms with E-state index in [0.29, 0.717) is 0 Å². The lowest BCUT2D eigenvalue weighted by Crippen LogP contribution is -2.20. The van der Waals surface area contributed by atoms with Crippen molar-refractivity contribution in [1.29, 1.82) is 0 Å².